The van der Waals surface area contributed by atoms with Crippen LogP contribution in [-0.2, 0) is 17.5 Å². The van der Waals surface area contributed by atoms with E-state index in [0.717, 1.165) is 10.6 Å². The number of aliphatic carboxylic acids is 1. The molecule has 0 bridgehead atoms. The Hall–Kier alpha value is -4.49. The number of carbonyl (C=O) groups is 2. The molecule has 3 heterocycles. The molecule has 0 saturated carbocycles. The number of hydrogen-bond acceptors (Lipinski definition) is 7. The molecule has 188 valence electrons. The number of benzene rings is 1. The van der Waals surface area contributed by atoms with Crippen molar-refractivity contribution in [1.29, 1.82) is 0 Å². The zero-order valence-electron chi connectivity index (χ0n) is 18.2. The first-order chi connectivity index (χ1) is 17.0. The lowest BCUT2D eigenvalue weighted by atomic mass is 10.1. The van der Waals surface area contributed by atoms with Crippen LogP contribution in [0.25, 0.3) is 0 Å². The van der Waals surface area contributed by atoms with Crippen molar-refractivity contribution in [3.05, 3.63) is 76.2 Å². The van der Waals surface area contributed by atoms with Crippen molar-refractivity contribution in [1.82, 2.24) is 14.8 Å². The van der Waals surface area contributed by atoms with Gasteiger partial charge in [-0.05, 0) is 24.3 Å². The van der Waals surface area contributed by atoms with Crippen LogP contribution in [0.4, 0.5) is 28.9 Å². The summed E-state index contributed by atoms with van der Waals surface area (Å²) in [4.78, 5) is 38.6. The van der Waals surface area contributed by atoms with Gasteiger partial charge in [0.1, 0.15) is 29.8 Å². The van der Waals surface area contributed by atoms with Crippen LogP contribution in [0.2, 0.25) is 0 Å². The summed E-state index contributed by atoms with van der Waals surface area (Å²) in [5, 5.41) is 18.8. The maximum Gasteiger partial charge on any atom is 0.416 e. The summed E-state index contributed by atoms with van der Waals surface area (Å²) in [7, 11) is 0. The van der Waals surface area contributed by atoms with Gasteiger partial charge in [-0.15, -0.1) is 0 Å². The summed E-state index contributed by atoms with van der Waals surface area (Å²) in [5.74, 6) is -3.54. The summed E-state index contributed by atoms with van der Waals surface area (Å²) in [6, 6.07) is 4.68. The van der Waals surface area contributed by atoms with Crippen LogP contribution in [0.15, 0.2) is 53.7 Å². The van der Waals surface area contributed by atoms with E-state index in [1.807, 2.05) is 0 Å². The number of carbonyl (C=O) groups excluding carboxylic acids is 1. The highest BCUT2D eigenvalue weighted by Gasteiger charge is 2.35. The third kappa shape index (κ3) is 5.42. The average molecular weight is 507 g/mol. The highest BCUT2D eigenvalue weighted by molar-refractivity contribution is 6.08. The largest absolute Gasteiger partial charge is 0.487 e. The SMILES string of the molecule is O=C(O)Cn1ccc(N2CC(Oc3cc(F)cc(C(F)(F)F)c3)C2)c(C(=O)Nc2ccnnc2)c1=O. The lowest BCUT2D eigenvalue weighted by Crippen LogP contribution is -2.55. The number of carboxylic acids is 1. The molecule has 10 nitrogen and oxygen atoms in total. The van der Waals surface area contributed by atoms with E-state index >= 15 is 0 Å². The van der Waals surface area contributed by atoms with Crippen molar-refractivity contribution in [3.63, 3.8) is 0 Å². The zero-order chi connectivity index (χ0) is 26.0. The van der Waals surface area contributed by atoms with Crippen LogP contribution in [0.5, 0.6) is 5.75 Å². The topological polar surface area (TPSA) is 127 Å². The van der Waals surface area contributed by atoms with Crippen molar-refractivity contribution in [2.24, 2.45) is 0 Å². The van der Waals surface area contributed by atoms with Gasteiger partial charge in [0.15, 0.2) is 0 Å². The lowest BCUT2D eigenvalue weighted by molar-refractivity contribution is -0.138. The number of halogens is 4. The van der Waals surface area contributed by atoms with Gasteiger partial charge in [0.05, 0.1) is 42.4 Å². The van der Waals surface area contributed by atoms with Crippen LogP contribution in [0.3, 0.4) is 0 Å². The van der Waals surface area contributed by atoms with E-state index in [4.69, 9.17) is 9.84 Å². The van der Waals surface area contributed by atoms with E-state index in [9.17, 15) is 31.9 Å². The number of nitrogens with one attached hydrogen (secondary N) is 1. The highest BCUT2D eigenvalue weighted by atomic mass is 19.4. The molecule has 3 aromatic rings. The maximum atomic E-state index is 13.6. The average Bonchev–Trinajstić information content (AvgIpc) is 2.77. The number of carboxylic acid groups (broad SMARTS) is 1. The van der Waals surface area contributed by atoms with Gasteiger partial charge in [-0.1, -0.05) is 0 Å². The molecule has 0 aliphatic carbocycles. The molecule has 1 aliphatic heterocycles. The number of aromatic nitrogens is 3. The van der Waals surface area contributed by atoms with E-state index in [1.165, 1.54) is 30.7 Å². The van der Waals surface area contributed by atoms with E-state index in [-0.39, 0.29) is 35.8 Å². The molecule has 1 aromatic carbocycles. The first-order valence-corrected chi connectivity index (χ1v) is 10.3. The number of anilines is 2. The van der Waals surface area contributed by atoms with Gasteiger partial charge < -0.3 is 24.6 Å². The highest BCUT2D eigenvalue weighted by Crippen LogP contribution is 2.33. The minimum Gasteiger partial charge on any atom is -0.487 e. The Kier molecular flexibility index (Phi) is 6.59. The molecule has 1 amide bonds. The lowest BCUT2D eigenvalue weighted by Gasteiger charge is -2.41. The molecule has 1 aliphatic rings. The number of rotatable bonds is 7. The standard InChI is InChI=1S/C22H17F4N5O5/c23-13-5-12(22(24,25)26)6-15(7-13)36-16-9-31(10-16)17-2-4-30(11-18(32)33)21(35)19(17)20(34)29-14-1-3-27-28-8-14/h1-8,16H,9-11H2,(H,32,33)(H,27,29,34). The molecule has 2 aromatic heterocycles. The van der Waals surface area contributed by atoms with Gasteiger partial charge in [-0.3, -0.25) is 14.4 Å². The van der Waals surface area contributed by atoms with E-state index < -0.39 is 47.6 Å². The Morgan fingerprint density at radius 3 is 2.56 bits per heavy atom. The van der Waals surface area contributed by atoms with Crippen LogP contribution in [0.1, 0.15) is 15.9 Å². The predicted molar refractivity (Wildman–Crippen MR) is 116 cm³/mol. The van der Waals surface area contributed by atoms with Crippen LogP contribution >= 0.6 is 0 Å². The number of hydrogen-bond donors (Lipinski definition) is 2. The van der Waals surface area contributed by atoms with Crippen LogP contribution < -0.4 is 20.5 Å². The van der Waals surface area contributed by atoms with Gasteiger partial charge >= 0.3 is 12.1 Å². The van der Waals surface area contributed by atoms with E-state index in [2.05, 4.69) is 15.5 Å². The number of pyridine rings is 1. The predicted octanol–water partition coefficient (Wildman–Crippen LogP) is 2.40. The fraction of sp³-hybridized carbons (Fsp3) is 0.227. The van der Waals surface area contributed by atoms with Gasteiger partial charge in [0.25, 0.3) is 11.5 Å². The van der Waals surface area contributed by atoms with Crippen molar-refractivity contribution in [2.75, 3.05) is 23.3 Å². The molecule has 1 saturated heterocycles. The second-order valence-corrected chi connectivity index (χ2v) is 7.81. The second kappa shape index (κ2) is 9.64. The van der Waals surface area contributed by atoms with Gasteiger partial charge in [0.2, 0.25) is 0 Å². The molecule has 0 radical (unpaired) electrons. The van der Waals surface area contributed by atoms with Gasteiger partial charge in [-0.25, -0.2) is 4.39 Å². The Bertz CT molecular complexity index is 1360. The third-order valence-electron chi connectivity index (χ3n) is 5.21. The van der Waals surface area contributed by atoms with Crippen molar-refractivity contribution in [3.8, 4) is 5.75 Å². The Morgan fingerprint density at radius 2 is 1.92 bits per heavy atom. The third-order valence-corrected chi connectivity index (χ3v) is 5.21. The molecular formula is C22H17F4N5O5. The van der Waals surface area contributed by atoms with Crippen molar-refractivity contribution >= 4 is 23.3 Å². The molecule has 0 unspecified atom stereocenters. The molecule has 14 heteroatoms. The number of amides is 1. The quantitative estimate of drug-likeness (QED) is 0.467. The molecule has 2 N–H and O–H groups in total. The Labute approximate surface area is 199 Å². The fourth-order valence-electron chi connectivity index (χ4n) is 3.57. The molecule has 0 spiro atoms. The van der Waals surface area contributed by atoms with Gasteiger partial charge in [-0.2, -0.15) is 23.4 Å². The minimum atomic E-state index is -4.75. The Morgan fingerprint density at radius 1 is 1.17 bits per heavy atom. The first-order valence-electron chi connectivity index (χ1n) is 10.3. The summed E-state index contributed by atoms with van der Waals surface area (Å²) < 4.78 is 58.8. The zero-order valence-corrected chi connectivity index (χ0v) is 18.2. The second-order valence-electron chi connectivity index (χ2n) is 7.81. The summed E-state index contributed by atoms with van der Waals surface area (Å²) in [6.45, 7) is -0.544. The smallest absolute Gasteiger partial charge is 0.416 e. The molecule has 1 fully saturated rings. The first kappa shape index (κ1) is 24.6. The monoisotopic (exact) mass is 507 g/mol. The molecule has 4 rings (SSSR count). The van der Waals surface area contributed by atoms with Crippen molar-refractivity contribution in [2.45, 2.75) is 18.8 Å². The van der Waals surface area contributed by atoms with Crippen molar-refractivity contribution < 1.29 is 37.0 Å². The number of nitrogens with zero attached hydrogens (tertiary/aromatic N) is 4. The maximum absolute atomic E-state index is 13.6. The van der Waals surface area contributed by atoms with Crippen LogP contribution in [-0.4, -0.2) is 50.9 Å². The molecule has 36 heavy (non-hydrogen) atoms. The summed E-state index contributed by atoms with van der Waals surface area (Å²) in [6.07, 6.45) is -1.63. The normalized spacial score (nSPS) is 13.7. The van der Waals surface area contributed by atoms with E-state index in [1.54, 1.807) is 4.90 Å². The summed E-state index contributed by atoms with van der Waals surface area (Å²) in [5.41, 5.74) is -2.00. The van der Waals surface area contributed by atoms with Gasteiger partial charge in [0, 0.05) is 12.3 Å². The summed E-state index contributed by atoms with van der Waals surface area (Å²) >= 11 is 0. The van der Waals surface area contributed by atoms with Crippen LogP contribution in [0, 0.1) is 5.82 Å². The molecular weight excluding hydrogens is 490 g/mol. The molecule has 0 atom stereocenters. The number of alkyl halides is 3. The fourth-order valence-corrected chi connectivity index (χ4v) is 3.57. The Balaban J connectivity index is 1.56. The number of ether oxygens (including phenoxy) is 1. The minimum absolute atomic E-state index is 0.0668. The van der Waals surface area contributed by atoms with E-state index in [0.29, 0.717) is 12.1 Å².